The lowest BCUT2D eigenvalue weighted by molar-refractivity contribution is 0.0600. The van der Waals surface area contributed by atoms with Crippen LogP contribution in [0.25, 0.3) is 6.08 Å². The van der Waals surface area contributed by atoms with Gasteiger partial charge >= 0.3 is 5.97 Å². The van der Waals surface area contributed by atoms with Crippen LogP contribution in [-0.2, 0) is 11.3 Å². The molecule has 0 aliphatic carbocycles. The van der Waals surface area contributed by atoms with Crippen molar-refractivity contribution >= 4 is 12.0 Å². The predicted octanol–water partition coefficient (Wildman–Crippen LogP) is 6.33. The van der Waals surface area contributed by atoms with E-state index in [1.54, 1.807) is 7.11 Å². The highest BCUT2D eigenvalue weighted by Crippen LogP contribution is 2.34. The molecule has 3 rings (SSSR count). The SMILES string of the molecule is CC.CCC(C)/C=C\c1c(C)c(C)cc(OC)c1CN1CCNCC1c1ccc(C(=O)OC)cc1. The smallest absolute Gasteiger partial charge is 0.337 e. The first-order valence-electron chi connectivity index (χ1n) is 12.9. The predicted molar refractivity (Wildman–Crippen MR) is 146 cm³/mol. The molecule has 35 heavy (non-hydrogen) atoms. The van der Waals surface area contributed by atoms with Crippen LogP contribution in [-0.4, -0.2) is 44.7 Å². The lowest BCUT2D eigenvalue weighted by atomic mass is 9.93. The van der Waals surface area contributed by atoms with Crippen LogP contribution in [0.15, 0.2) is 36.4 Å². The van der Waals surface area contributed by atoms with Gasteiger partial charge in [0.15, 0.2) is 0 Å². The highest BCUT2D eigenvalue weighted by molar-refractivity contribution is 5.89. The molecule has 0 radical (unpaired) electrons. The molecule has 5 heteroatoms. The van der Waals surface area contributed by atoms with Crippen molar-refractivity contribution < 1.29 is 14.3 Å². The molecule has 0 amide bonds. The van der Waals surface area contributed by atoms with Crippen LogP contribution in [0.4, 0.5) is 0 Å². The van der Waals surface area contributed by atoms with Gasteiger partial charge in [0.25, 0.3) is 0 Å². The maximum atomic E-state index is 11.8. The van der Waals surface area contributed by atoms with Gasteiger partial charge in [-0.25, -0.2) is 4.79 Å². The number of hydrogen-bond acceptors (Lipinski definition) is 5. The minimum Gasteiger partial charge on any atom is -0.496 e. The number of piperazine rings is 1. The molecular weight excluding hydrogens is 436 g/mol. The first-order chi connectivity index (χ1) is 16.9. The fourth-order valence-corrected chi connectivity index (χ4v) is 4.36. The standard InChI is InChI=1S/C28H38N2O3.C2H6/c1-7-19(2)8-13-24-21(4)20(3)16-27(32-5)25(24)18-30-15-14-29-17-26(30)22-9-11-23(12-10-22)28(31)33-6;1-2/h8-13,16,19,26,29H,7,14-15,17-18H2,1-6H3;1-2H3/b13-8-;. The third kappa shape index (κ3) is 7.18. The number of esters is 1. The van der Waals surface area contributed by atoms with E-state index in [9.17, 15) is 4.79 Å². The summed E-state index contributed by atoms with van der Waals surface area (Å²) in [4.78, 5) is 14.4. The van der Waals surface area contributed by atoms with Gasteiger partial charge < -0.3 is 14.8 Å². The van der Waals surface area contributed by atoms with Gasteiger partial charge in [-0.2, -0.15) is 0 Å². The van der Waals surface area contributed by atoms with E-state index in [4.69, 9.17) is 9.47 Å². The van der Waals surface area contributed by atoms with Gasteiger partial charge in [-0.3, -0.25) is 4.90 Å². The maximum Gasteiger partial charge on any atom is 0.337 e. The number of methoxy groups -OCH3 is 2. The van der Waals surface area contributed by atoms with Crippen molar-refractivity contribution in [2.24, 2.45) is 5.92 Å². The molecule has 1 aliphatic heterocycles. The van der Waals surface area contributed by atoms with Crippen LogP contribution in [0.3, 0.4) is 0 Å². The van der Waals surface area contributed by atoms with Crippen molar-refractivity contribution in [2.45, 2.75) is 60.5 Å². The Balaban J connectivity index is 0.00000210. The van der Waals surface area contributed by atoms with Gasteiger partial charge in [0.05, 0.1) is 19.8 Å². The van der Waals surface area contributed by atoms with E-state index < -0.39 is 0 Å². The second-order valence-electron chi connectivity index (χ2n) is 8.96. The molecule has 2 atom stereocenters. The van der Waals surface area contributed by atoms with Gasteiger partial charge in [-0.05, 0) is 60.2 Å². The maximum absolute atomic E-state index is 11.8. The monoisotopic (exact) mass is 480 g/mol. The fraction of sp³-hybridized carbons (Fsp3) is 0.500. The summed E-state index contributed by atoms with van der Waals surface area (Å²) in [6.07, 6.45) is 5.72. The Bertz CT molecular complexity index is 982. The van der Waals surface area contributed by atoms with E-state index in [1.165, 1.54) is 34.9 Å². The average Bonchev–Trinajstić information content (AvgIpc) is 2.91. The molecule has 1 aliphatic rings. The molecule has 0 saturated carbocycles. The summed E-state index contributed by atoms with van der Waals surface area (Å²) in [6.45, 7) is 16.4. The molecule has 0 aromatic heterocycles. The normalized spacial score (nSPS) is 17.0. The number of carbonyl (C=O) groups excluding carboxylic acids is 1. The summed E-state index contributed by atoms with van der Waals surface area (Å²) in [6, 6.07) is 10.2. The summed E-state index contributed by atoms with van der Waals surface area (Å²) < 4.78 is 10.7. The average molecular weight is 481 g/mol. The first kappa shape index (κ1) is 28.6. The van der Waals surface area contributed by atoms with Crippen molar-refractivity contribution in [3.8, 4) is 5.75 Å². The number of benzene rings is 2. The van der Waals surface area contributed by atoms with Gasteiger partial charge in [-0.15, -0.1) is 0 Å². The zero-order chi connectivity index (χ0) is 26.0. The largest absolute Gasteiger partial charge is 0.496 e. The molecule has 1 heterocycles. The topological polar surface area (TPSA) is 50.8 Å². The quantitative estimate of drug-likeness (QED) is 0.447. The van der Waals surface area contributed by atoms with Crippen molar-refractivity contribution in [3.05, 3.63) is 69.8 Å². The van der Waals surface area contributed by atoms with Gasteiger partial charge in [-0.1, -0.05) is 58.4 Å². The van der Waals surface area contributed by atoms with Crippen molar-refractivity contribution in [1.29, 1.82) is 0 Å². The van der Waals surface area contributed by atoms with Crippen LogP contribution in [0.1, 0.15) is 78.3 Å². The van der Waals surface area contributed by atoms with E-state index in [0.29, 0.717) is 11.5 Å². The number of nitrogens with one attached hydrogen (secondary N) is 1. The number of aryl methyl sites for hydroxylation is 1. The van der Waals surface area contributed by atoms with Crippen LogP contribution >= 0.6 is 0 Å². The second-order valence-corrected chi connectivity index (χ2v) is 8.96. The molecule has 0 bridgehead atoms. The molecule has 2 aromatic rings. The van der Waals surface area contributed by atoms with E-state index >= 15 is 0 Å². The summed E-state index contributed by atoms with van der Waals surface area (Å²) >= 11 is 0. The molecule has 1 fully saturated rings. The molecule has 1 N–H and O–H groups in total. The highest BCUT2D eigenvalue weighted by atomic mass is 16.5. The number of allylic oxidation sites excluding steroid dienone is 1. The van der Waals surface area contributed by atoms with E-state index in [1.807, 2.05) is 38.1 Å². The fourth-order valence-electron chi connectivity index (χ4n) is 4.36. The highest BCUT2D eigenvalue weighted by Gasteiger charge is 2.26. The Morgan fingerprint density at radius 2 is 1.89 bits per heavy atom. The number of carbonyl (C=O) groups is 1. The second kappa shape index (κ2) is 14.1. The Morgan fingerprint density at radius 1 is 1.20 bits per heavy atom. The van der Waals surface area contributed by atoms with Crippen LogP contribution in [0.2, 0.25) is 0 Å². The number of rotatable bonds is 8. The zero-order valence-electron chi connectivity index (χ0n) is 22.9. The molecule has 5 nitrogen and oxygen atoms in total. The molecule has 2 aromatic carbocycles. The van der Waals surface area contributed by atoms with Crippen LogP contribution in [0.5, 0.6) is 5.75 Å². The Labute approximate surface area is 212 Å². The summed E-state index contributed by atoms with van der Waals surface area (Å²) in [5.41, 5.74) is 6.82. The third-order valence-electron chi connectivity index (χ3n) is 6.85. The summed E-state index contributed by atoms with van der Waals surface area (Å²) in [5, 5.41) is 3.53. The first-order valence-corrected chi connectivity index (χ1v) is 12.9. The van der Waals surface area contributed by atoms with Gasteiger partial charge in [0.1, 0.15) is 5.75 Å². The molecule has 1 saturated heterocycles. The number of nitrogens with zero attached hydrogens (tertiary/aromatic N) is 1. The lowest BCUT2D eigenvalue weighted by Crippen LogP contribution is -2.45. The van der Waals surface area contributed by atoms with Gasteiger partial charge in [0, 0.05) is 37.8 Å². The molecule has 192 valence electrons. The van der Waals surface area contributed by atoms with Crippen LogP contribution < -0.4 is 10.1 Å². The Kier molecular flexibility index (Phi) is 11.5. The van der Waals surface area contributed by atoms with E-state index in [2.05, 4.69) is 56.1 Å². The molecular formula is C30H44N2O3. The number of hydrogen-bond donors (Lipinski definition) is 1. The van der Waals surface area contributed by atoms with Crippen molar-refractivity contribution in [2.75, 3.05) is 33.9 Å². The summed E-state index contributed by atoms with van der Waals surface area (Å²) in [5.74, 6) is 1.17. The minimum absolute atomic E-state index is 0.211. The molecule has 0 spiro atoms. The van der Waals surface area contributed by atoms with E-state index in [0.717, 1.165) is 38.3 Å². The van der Waals surface area contributed by atoms with Crippen LogP contribution in [0, 0.1) is 19.8 Å². The van der Waals surface area contributed by atoms with Gasteiger partial charge in [0.2, 0.25) is 0 Å². The summed E-state index contributed by atoms with van der Waals surface area (Å²) in [7, 11) is 3.17. The van der Waals surface area contributed by atoms with E-state index in [-0.39, 0.29) is 12.0 Å². The molecule has 2 unspecified atom stereocenters. The van der Waals surface area contributed by atoms with Crippen molar-refractivity contribution in [1.82, 2.24) is 10.2 Å². The minimum atomic E-state index is -0.308. The third-order valence-corrected chi connectivity index (χ3v) is 6.85. The van der Waals surface area contributed by atoms with Crippen molar-refractivity contribution in [3.63, 3.8) is 0 Å². The Morgan fingerprint density at radius 3 is 2.49 bits per heavy atom. The zero-order valence-corrected chi connectivity index (χ0v) is 22.9. The Hall–Kier alpha value is -2.63. The lowest BCUT2D eigenvalue weighted by Gasteiger charge is -2.37. The number of ether oxygens (including phenoxy) is 2.